The molecule has 0 spiro atoms. The Hall–Kier alpha value is -3.37. The number of ether oxygens (including phenoxy) is 2. The van der Waals surface area contributed by atoms with Crippen molar-refractivity contribution in [3.05, 3.63) is 109 Å². The van der Waals surface area contributed by atoms with Gasteiger partial charge in [0.15, 0.2) is 6.10 Å². The minimum absolute atomic E-state index is 0.000533. The van der Waals surface area contributed by atoms with E-state index in [2.05, 4.69) is 74.6 Å². The molecule has 0 heterocycles. The van der Waals surface area contributed by atoms with Gasteiger partial charge in [-0.3, -0.25) is 18.6 Å². The van der Waals surface area contributed by atoms with Gasteiger partial charge in [-0.1, -0.05) is 149 Å². The first-order valence-electron chi connectivity index (χ1n) is 22.7. The first-order valence-corrected chi connectivity index (χ1v) is 24.2. The molecule has 0 radical (unpaired) electrons. The van der Waals surface area contributed by atoms with E-state index in [9.17, 15) is 24.2 Å². The van der Waals surface area contributed by atoms with Crippen LogP contribution in [0.2, 0.25) is 0 Å². The molecular weight excluding hydrogens is 790 g/mol. The van der Waals surface area contributed by atoms with Crippen LogP contribution in [-0.4, -0.2) is 86.1 Å². The number of aliphatic hydroxyl groups excluding tert-OH is 1. The van der Waals surface area contributed by atoms with Gasteiger partial charge in [0.05, 0.1) is 33.9 Å². The van der Waals surface area contributed by atoms with Crippen molar-refractivity contribution in [2.75, 3.05) is 47.5 Å². The number of nitrogens with zero attached hydrogens (tertiary/aromatic N) is 1. The summed E-state index contributed by atoms with van der Waals surface area (Å²) in [5, 5.41) is 9.85. The van der Waals surface area contributed by atoms with E-state index >= 15 is 0 Å². The summed E-state index contributed by atoms with van der Waals surface area (Å²) in [4.78, 5) is 35.4. The van der Waals surface area contributed by atoms with E-state index in [0.29, 0.717) is 30.3 Å². The van der Waals surface area contributed by atoms with Crippen LogP contribution in [0.4, 0.5) is 0 Å². The highest BCUT2D eigenvalue weighted by atomic mass is 31.2. The van der Waals surface area contributed by atoms with Crippen LogP contribution in [0.15, 0.2) is 109 Å². The van der Waals surface area contributed by atoms with Gasteiger partial charge in [0.1, 0.15) is 19.8 Å². The van der Waals surface area contributed by atoms with Crippen molar-refractivity contribution in [1.29, 1.82) is 0 Å². The zero-order chi connectivity index (χ0) is 45.1. The molecule has 61 heavy (non-hydrogen) atoms. The lowest BCUT2D eigenvalue weighted by Crippen LogP contribution is -2.37. The monoisotopic (exact) mass is 873 g/mol. The summed E-state index contributed by atoms with van der Waals surface area (Å²) in [6.07, 6.45) is 52.0. The highest BCUT2D eigenvalue weighted by Crippen LogP contribution is 2.43. The number of unbranched alkanes of at least 4 members (excludes halogenated alkanes) is 7. The number of esters is 2. The number of hydrogen-bond donors (Lipinski definition) is 2. The van der Waals surface area contributed by atoms with Crippen molar-refractivity contribution in [1.82, 2.24) is 0 Å². The topological polar surface area (TPSA) is 129 Å². The van der Waals surface area contributed by atoms with Crippen molar-refractivity contribution in [2.24, 2.45) is 0 Å². The lowest BCUT2D eigenvalue weighted by Gasteiger charge is -2.24. The minimum Gasteiger partial charge on any atom is -0.462 e. The minimum atomic E-state index is -4.42. The Morgan fingerprint density at radius 1 is 0.607 bits per heavy atom. The van der Waals surface area contributed by atoms with E-state index in [1.54, 1.807) is 6.08 Å². The standard InChI is InChI=1S/C50H82NO9P/c1-6-8-10-11-12-13-14-15-16-17-18-21-24-27-30-33-37-41-49(53)57-45-48(46-59-61(55,56)58-44-43-51(3,4)5)60-50(54)42-38-34-31-28-25-22-19-20-23-26-29-32-36-40-47(52)39-35-9-7-2/h9,12-13,15-16,18,20-23,25,29,31-32,34-36,40,47-48,52H,6-8,10-11,14,17,19,24,26-28,30,33,37-39,41-46H2,1-5H3/p+1/b13-12-,16-15-,21-18-,23-20-,25-22-,32-29+,34-31-,35-9-,40-36+/t47?,48-/m1/s1. The summed E-state index contributed by atoms with van der Waals surface area (Å²) in [7, 11) is 1.37. The molecule has 10 nitrogen and oxygen atoms in total. The Balaban J connectivity index is 4.58. The molecule has 0 amide bonds. The van der Waals surface area contributed by atoms with E-state index in [0.717, 1.165) is 64.2 Å². The Labute approximate surface area is 370 Å². The van der Waals surface area contributed by atoms with Gasteiger partial charge in [-0.15, -0.1) is 0 Å². The number of carbonyl (C=O) groups is 2. The maximum Gasteiger partial charge on any atom is 0.472 e. The lowest BCUT2D eigenvalue weighted by molar-refractivity contribution is -0.870. The van der Waals surface area contributed by atoms with Gasteiger partial charge in [-0.25, -0.2) is 4.57 Å². The van der Waals surface area contributed by atoms with Crippen LogP contribution in [0.25, 0.3) is 0 Å². The largest absolute Gasteiger partial charge is 0.472 e. The first kappa shape index (κ1) is 57.6. The van der Waals surface area contributed by atoms with Crippen molar-refractivity contribution in [3.63, 3.8) is 0 Å². The Bertz CT molecular complexity index is 1420. The van der Waals surface area contributed by atoms with Crippen molar-refractivity contribution >= 4 is 19.8 Å². The smallest absolute Gasteiger partial charge is 0.462 e. The fourth-order valence-electron chi connectivity index (χ4n) is 5.30. The molecule has 2 unspecified atom stereocenters. The molecule has 0 aliphatic carbocycles. The number of phosphoric ester groups is 1. The second-order valence-corrected chi connectivity index (χ2v) is 17.3. The average molecular weight is 873 g/mol. The molecule has 0 bridgehead atoms. The summed E-state index contributed by atoms with van der Waals surface area (Å²) < 4.78 is 34.2. The number of carbonyl (C=O) groups excluding carboxylic acids is 2. The van der Waals surface area contributed by atoms with Crippen LogP contribution < -0.4 is 0 Å². The van der Waals surface area contributed by atoms with Crippen LogP contribution in [0.5, 0.6) is 0 Å². The van der Waals surface area contributed by atoms with Gasteiger partial charge in [0, 0.05) is 12.8 Å². The van der Waals surface area contributed by atoms with Crippen molar-refractivity contribution in [2.45, 2.75) is 148 Å². The van der Waals surface area contributed by atoms with Gasteiger partial charge >= 0.3 is 19.8 Å². The van der Waals surface area contributed by atoms with Gasteiger partial charge < -0.3 is 24.0 Å². The molecule has 0 aliphatic heterocycles. The molecule has 0 fully saturated rings. The van der Waals surface area contributed by atoms with E-state index < -0.39 is 38.6 Å². The van der Waals surface area contributed by atoms with Crippen LogP contribution in [0.1, 0.15) is 136 Å². The summed E-state index contributed by atoms with van der Waals surface area (Å²) in [5.74, 6) is -0.955. The molecule has 0 rings (SSSR count). The van der Waals surface area contributed by atoms with E-state index in [4.69, 9.17) is 18.5 Å². The number of aliphatic hydroxyl groups is 1. The number of hydrogen-bond acceptors (Lipinski definition) is 8. The lowest BCUT2D eigenvalue weighted by atomic mass is 10.1. The summed E-state index contributed by atoms with van der Waals surface area (Å²) in [6.45, 7) is 4.03. The molecule has 0 saturated carbocycles. The maximum absolute atomic E-state index is 12.7. The predicted octanol–water partition coefficient (Wildman–Crippen LogP) is 12.1. The molecule has 0 aromatic carbocycles. The second-order valence-electron chi connectivity index (χ2n) is 15.9. The molecule has 3 atom stereocenters. The summed E-state index contributed by atoms with van der Waals surface area (Å²) >= 11 is 0. The first-order chi connectivity index (χ1) is 29.4. The zero-order valence-electron chi connectivity index (χ0n) is 38.5. The van der Waals surface area contributed by atoms with Crippen molar-refractivity contribution in [3.8, 4) is 0 Å². The highest BCUT2D eigenvalue weighted by molar-refractivity contribution is 7.47. The maximum atomic E-state index is 12.7. The van der Waals surface area contributed by atoms with E-state index in [1.807, 2.05) is 63.7 Å². The molecule has 346 valence electrons. The molecule has 2 N–H and O–H groups in total. The molecule has 0 saturated heterocycles. The average Bonchev–Trinajstić information content (AvgIpc) is 3.21. The molecule has 0 aromatic heterocycles. The third-order valence-corrected chi connectivity index (χ3v) is 9.87. The van der Waals surface area contributed by atoms with Crippen LogP contribution in [0.3, 0.4) is 0 Å². The van der Waals surface area contributed by atoms with Gasteiger partial charge in [0.25, 0.3) is 0 Å². The van der Waals surface area contributed by atoms with Gasteiger partial charge in [-0.05, 0) is 83.5 Å². The zero-order valence-corrected chi connectivity index (χ0v) is 39.4. The van der Waals surface area contributed by atoms with Crippen molar-refractivity contribution < 1.29 is 47.2 Å². The number of likely N-dealkylation sites (N-methyl/N-ethyl adjacent to an activating group) is 1. The number of quaternary nitrogens is 1. The van der Waals surface area contributed by atoms with Gasteiger partial charge in [-0.2, -0.15) is 0 Å². The summed E-state index contributed by atoms with van der Waals surface area (Å²) in [6, 6.07) is 0. The number of rotatable bonds is 39. The molecule has 0 aromatic rings. The number of allylic oxidation sites excluding steroid dienone is 16. The Kier molecular flexibility index (Phi) is 38.4. The van der Waals surface area contributed by atoms with E-state index in [-0.39, 0.29) is 26.1 Å². The van der Waals surface area contributed by atoms with Gasteiger partial charge in [0.2, 0.25) is 0 Å². The summed E-state index contributed by atoms with van der Waals surface area (Å²) in [5.41, 5.74) is 0. The molecule has 11 heteroatoms. The molecule has 0 aliphatic rings. The van der Waals surface area contributed by atoms with Crippen LogP contribution >= 0.6 is 7.82 Å². The third kappa shape index (κ3) is 44.5. The fourth-order valence-corrected chi connectivity index (χ4v) is 6.05. The number of phosphoric acid groups is 1. The SMILES string of the molecule is CC/C=C\CC(O)/C=C/C=C/C/C=C\C/C=C\C/C=C\CCC(=O)O[C@H](COC(=O)CCCCCC/C=C\C/C=C\C/C=C\CCCCC)COP(=O)(O)OCC[N+](C)(C)C. The predicted molar refractivity (Wildman–Crippen MR) is 253 cm³/mol. The van der Waals surface area contributed by atoms with E-state index in [1.165, 1.54) is 25.7 Å². The third-order valence-electron chi connectivity index (χ3n) is 8.88. The second kappa shape index (κ2) is 40.7. The normalized spacial score (nSPS) is 15.1. The van der Waals surface area contributed by atoms with Crippen LogP contribution in [0, 0.1) is 0 Å². The molecular formula is C50H83NO9P+. The Morgan fingerprint density at radius 2 is 1.16 bits per heavy atom. The van der Waals surface area contributed by atoms with Crippen LogP contribution in [-0.2, 0) is 32.7 Å². The highest BCUT2D eigenvalue weighted by Gasteiger charge is 2.27. The Morgan fingerprint density at radius 3 is 1.75 bits per heavy atom. The fraction of sp³-hybridized carbons (Fsp3) is 0.600. The quantitative estimate of drug-likeness (QED) is 0.0155.